The highest BCUT2D eigenvalue weighted by Gasteiger charge is 2.09. The molecule has 0 unspecified atom stereocenters. The quantitative estimate of drug-likeness (QED) is 0.806. The van der Waals surface area contributed by atoms with Gasteiger partial charge in [-0.15, -0.1) is 0 Å². The lowest BCUT2D eigenvalue weighted by Gasteiger charge is -2.04. The van der Waals surface area contributed by atoms with Crippen LogP contribution in [0.3, 0.4) is 0 Å². The number of carbonyl (C=O) groups excluding carboxylic acids is 1. The van der Waals surface area contributed by atoms with Crippen molar-refractivity contribution < 1.29 is 9.32 Å². The number of anilines is 1. The Balaban J connectivity index is 1.87. The second-order valence-electron chi connectivity index (χ2n) is 3.67. The minimum Gasteiger partial charge on any atom is -0.383 e. The summed E-state index contributed by atoms with van der Waals surface area (Å²) in [5.74, 6) is 1.02. The molecule has 0 aliphatic heterocycles. The number of carbonyl (C=O) groups is 1. The van der Waals surface area contributed by atoms with Gasteiger partial charge in [0, 0.05) is 26.1 Å². The van der Waals surface area contributed by atoms with E-state index in [0.29, 0.717) is 30.2 Å². The minimum absolute atomic E-state index is 0.213. The van der Waals surface area contributed by atoms with Crippen molar-refractivity contribution in [2.24, 2.45) is 0 Å². The molecule has 0 radical (unpaired) electrons. The summed E-state index contributed by atoms with van der Waals surface area (Å²) < 4.78 is 4.82. The summed E-state index contributed by atoms with van der Waals surface area (Å²) in [4.78, 5) is 19.6. The first-order valence-corrected chi connectivity index (χ1v) is 5.44. The number of rotatable bonds is 4. The van der Waals surface area contributed by atoms with Crippen LogP contribution in [0.2, 0.25) is 0 Å². The number of hydrogen-bond donors (Lipinski definition) is 2. The number of nitrogens with two attached hydrogens (primary N) is 1. The van der Waals surface area contributed by atoms with Crippen molar-refractivity contribution in [3.8, 4) is 0 Å². The third-order valence-electron chi connectivity index (χ3n) is 2.29. The largest absolute Gasteiger partial charge is 0.383 e. The van der Waals surface area contributed by atoms with Crippen LogP contribution in [0, 0.1) is 6.92 Å². The fraction of sp³-hybridized carbons (Fsp3) is 0.273. The molecule has 2 aromatic heterocycles. The first kappa shape index (κ1) is 12.0. The summed E-state index contributed by atoms with van der Waals surface area (Å²) in [5, 5.41) is 6.45. The number of nitrogens with zero attached hydrogens (tertiary/aromatic N) is 3. The van der Waals surface area contributed by atoms with Crippen LogP contribution in [0.1, 0.15) is 22.1 Å². The van der Waals surface area contributed by atoms with E-state index in [2.05, 4.69) is 20.4 Å². The lowest BCUT2D eigenvalue weighted by Crippen LogP contribution is -2.27. The normalized spacial score (nSPS) is 10.3. The average Bonchev–Trinajstić information content (AvgIpc) is 2.75. The Morgan fingerprint density at radius 1 is 1.56 bits per heavy atom. The van der Waals surface area contributed by atoms with Crippen LogP contribution >= 0.6 is 0 Å². The molecule has 0 spiro atoms. The first-order chi connectivity index (χ1) is 8.66. The first-order valence-electron chi connectivity index (χ1n) is 5.44. The second kappa shape index (κ2) is 5.26. The molecule has 7 heteroatoms. The fourth-order valence-corrected chi connectivity index (χ4v) is 1.44. The van der Waals surface area contributed by atoms with Crippen molar-refractivity contribution in [2.45, 2.75) is 13.3 Å². The van der Waals surface area contributed by atoms with Gasteiger partial charge in [-0.2, -0.15) is 4.98 Å². The molecule has 7 nitrogen and oxygen atoms in total. The molecule has 0 aliphatic carbocycles. The molecule has 2 aromatic rings. The maximum Gasteiger partial charge on any atom is 0.255 e. The van der Waals surface area contributed by atoms with Crippen LogP contribution in [-0.2, 0) is 6.42 Å². The summed E-state index contributed by atoms with van der Waals surface area (Å²) in [6, 6.07) is 3.28. The van der Waals surface area contributed by atoms with Crippen LogP contribution in [-0.4, -0.2) is 27.6 Å². The van der Waals surface area contributed by atoms with Gasteiger partial charge in [0.2, 0.25) is 5.89 Å². The highest BCUT2D eigenvalue weighted by atomic mass is 16.5. The zero-order chi connectivity index (χ0) is 13.0. The number of aryl methyl sites for hydroxylation is 1. The number of pyridine rings is 1. The Labute approximate surface area is 103 Å². The van der Waals surface area contributed by atoms with Crippen molar-refractivity contribution in [3.05, 3.63) is 35.6 Å². The van der Waals surface area contributed by atoms with E-state index in [4.69, 9.17) is 10.3 Å². The van der Waals surface area contributed by atoms with Gasteiger partial charge in [-0.3, -0.25) is 4.79 Å². The molecule has 2 heterocycles. The summed E-state index contributed by atoms with van der Waals surface area (Å²) in [6.07, 6.45) is 2.04. The van der Waals surface area contributed by atoms with Gasteiger partial charge in [0.15, 0.2) is 5.82 Å². The lowest BCUT2D eigenvalue weighted by atomic mass is 10.2. The zero-order valence-electron chi connectivity index (χ0n) is 9.88. The van der Waals surface area contributed by atoms with Crippen molar-refractivity contribution >= 4 is 11.7 Å². The summed E-state index contributed by atoms with van der Waals surface area (Å²) >= 11 is 0. The molecule has 0 aromatic carbocycles. The third kappa shape index (κ3) is 2.82. The van der Waals surface area contributed by atoms with Crippen molar-refractivity contribution in [1.82, 2.24) is 20.4 Å². The van der Waals surface area contributed by atoms with E-state index >= 15 is 0 Å². The Morgan fingerprint density at radius 3 is 3.06 bits per heavy atom. The van der Waals surface area contributed by atoms with Gasteiger partial charge in [0.05, 0.1) is 5.56 Å². The molecular weight excluding hydrogens is 234 g/mol. The summed E-state index contributed by atoms with van der Waals surface area (Å²) in [5.41, 5.74) is 5.96. The molecule has 0 aliphatic rings. The molecule has 18 heavy (non-hydrogen) atoms. The van der Waals surface area contributed by atoms with Gasteiger partial charge in [0.1, 0.15) is 5.82 Å². The van der Waals surface area contributed by atoms with E-state index in [9.17, 15) is 4.79 Å². The Bertz CT molecular complexity index is 552. The van der Waals surface area contributed by atoms with Crippen LogP contribution < -0.4 is 11.1 Å². The number of nitrogens with one attached hydrogen (secondary N) is 1. The van der Waals surface area contributed by atoms with Gasteiger partial charge in [-0.05, 0) is 12.1 Å². The van der Waals surface area contributed by atoms with Crippen LogP contribution in [0.25, 0.3) is 0 Å². The molecule has 0 atom stereocenters. The smallest absolute Gasteiger partial charge is 0.255 e. The van der Waals surface area contributed by atoms with Crippen LogP contribution in [0.15, 0.2) is 22.9 Å². The van der Waals surface area contributed by atoms with E-state index in [1.807, 2.05) is 0 Å². The van der Waals surface area contributed by atoms with Crippen molar-refractivity contribution in [1.29, 1.82) is 0 Å². The van der Waals surface area contributed by atoms with Gasteiger partial charge >= 0.3 is 0 Å². The highest BCUT2D eigenvalue weighted by molar-refractivity contribution is 5.98. The average molecular weight is 247 g/mol. The van der Waals surface area contributed by atoms with E-state index in [1.54, 1.807) is 19.1 Å². The molecule has 0 saturated carbocycles. The summed E-state index contributed by atoms with van der Waals surface area (Å²) in [7, 11) is 0. The van der Waals surface area contributed by atoms with Gasteiger partial charge in [-0.1, -0.05) is 5.16 Å². The van der Waals surface area contributed by atoms with E-state index < -0.39 is 0 Å². The third-order valence-corrected chi connectivity index (χ3v) is 2.29. The topological polar surface area (TPSA) is 107 Å². The molecule has 3 N–H and O–H groups in total. The monoisotopic (exact) mass is 247 g/mol. The Kier molecular flexibility index (Phi) is 3.52. The molecule has 0 saturated heterocycles. The predicted molar refractivity (Wildman–Crippen MR) is 63.7 cm³/mol. The van der Waals surface area contributed by atoms with Gasteiger partial charge in [0.25, 0.3) is 5.91 Å². The number of nitrogen functional groups attached to an aromatic ring is 1. The van der Waals surface area contributed by atoms with Crippen LogP contribution in [0.5, 0.6) is 0 Å². The van der Waals surface area contributed by atoms with Gasteiger partial charge < -0.3 is 15.6 Å². The zero-order valence-corrected chi connectivity index (χ0v) is 9.88. The molecule has 0 fully saturated rings. The maximum atomic E-state index is 11.8. The number of hydrogen-bond acceptors (Lipinski definition) is 6. The Hall–Kier alpha value is -2.44. The SMILES string of the molecule is Cc1nc(CCNC(=O)c2cccnc2N)no1. The van der Waals surface area contributed by atoms with E-state index in [1.165, 1.54) is 6.20 Å². The molecule has 2 rings (SSSR count). The number of aromatic nitrogens is 3. The Morgan fingerprint density at radius 2 is 2.39 bits per heavy atom. The molecule has 0 bridgehead atoms. The lowest BCUT2D eigenvalue weighted by molar-refractivity contribution is 0.0954. The van der Waals surface area contributed by atoms with E-state index in [-0.39, 0.29) is 11.7 Å². The minimum atomic E-state index is -0.263. The van der Waals surface area contributed by atoms with Crippen LogP contribution in [0.4, 0.5) is 5.82 Å². The summed E-state index contributed by atoms with van der Waals surface area (Å²) in [6.45, 7) is 2.12. The highest BCUT2D eigenvalue weighted by Crippen LogP contribution is 2.06. The second-order valence-corrected chi connectivity index (χ2v) is 3.67. The standard InChI is InChI=1S/C11H13N5O2/c1-7-15-9(16-18-7)4-6-14-11(17)8-3-2-5-13-10(8)12/h2-3,5H,4,6H2,1H3,(H2,12,13)(H,14,17). The predicted octanol–water partition coefficient (Wildman–Crippen LogP) is 0.328. The fourth-order valence-electron chi connectivity index (χ4n) is 1.44. The van der Waals surface area contributed by atoms with E-state index in [0.717, 1.165) is 0 Å². The van der Waals surface area contributed by atoms with Crippen molar-refractivity contribution in [2.75, 3.05) is 12.3 Å². The molecular formula is C11H13N5O2. The van der Waals surface area contributed by atoms with Gasteiger partial charge in [-0.25, -0.2) is 4.98 Å². The maximum absolute atomic E-state index is 11.8. The molecule has 1 amide bonds. The number of amides is 1. The van der Waals surface area contributed by atoms with Crippen molar-refractivity contribution in [3.63, 3.8) is 0 Å². The molecule has 94 valence electrons.